The van der Waals surface area contributed by atoms with E-state index in [1.54, 1.807) is 16.7 Å². The topological polar surface area (TPSA) is 122 Å². The standard InChI is InChI=1S/C12H22N4O3S/c1-7(17)9(13)11(19)16-4-2-12(3-5-16)15-8(6-20-12)10(14)18/h7-9,15,17H,2-6,13H2,1H3,(H2,14,18)/t7-,8+,9+/m1/s1. The summed E-state index contributed by atoms with van der Waals surface area (Å²) in [6, 6.07) is -1.16. The Balaban J connectivity index is 1.90. The van der Waals surface area contributed by atoms with Crippen LogP contribution in [0.4, 0.5) is 0 Å². The number of likely N-dealkylation sites (tertiary alicyclic amines) is 1. The first kappa shape index (κ1) is 15.6. The Kier molecular flexibility index (Phi) is 4.58. The number of hydrogen-bond acceptors (Lipinski definition) is 6. The maximum absolute atomic E-state index is 12.1. The highest BCUT2D eigenvalue weighted by Gasteiger charge is 2.44. The van der Waals surface area contributed by atoms with Crippen LogP contribution in [0.15, 0.2) is 0 Å². The molecule has 0 unspecified atom stereocenters. The monoisotopic (exact) mass is 302 g/mol. The van der Waals surface area contributed by atoms with E-state index in [2.05, 4.69) is 5.32 Å². The fourth-order valence-electron chi connectivity index (χ4n) is 2.59. The number of aliphatic hydroxyl groups is 1. The maximum Gasteiger partial charge on any atom is 0.242 e. The lowest BCUT2D eigenvalue weighted by Gasteiger charge is -2.40. The van der Waals surface area contributed by atoms with Gasteiger partial charge in [0.1, 0.15) is 6.04 Å². The maximum atomic E-state index is 12.1. The molecule has 0 radical (unpaired) electrons. The second-order valence-corrected chi connectivity index (χ2v) is 6.90. The van der Waals surface area contributed by atoms with Crippen molar-refractivity contribution in [3.05, 3.63) is 0 Å². The molecule has 6 N–H and O–H groups in total. The molecule has 0 aromatic carbocycles. The third kappa shape index (κ3) is 3.08. The predicted molar refractivity (Wildman–Crippen MR) is 76.8 cm³/mol. The first-order valence-corrected chi connectivity index (χ1v) is 7.76. The van der Waals surface area contributed by atoms with E-state index in [0.717, 1.165) is 12.8 Å². The molecule has 2 aliphatic heterocycles. The lowest BCUT2D eigenvalue weighted by atomic mass is 10.0. The van der Waals surface area contributed by atoms with Gasteiger partial charge in [0.05, 0.1) is 17.0 Å². The van der Waals surface area contributed by atoms with Crippen molar-refractivity contribution in [3.8, 4) is 0 Å². The molecule has 2 rings (SSSR count). The van der Waals surface area contributed by atoms with Crippen LogP contribution in [0.2, 0.25) is 0 Å². The van der Waals surface area contributed by atoms with E-state index in [-0.39, 0.29) is 22.7 Å². The number of amides is 2. The summed E-state index contributed by atoms with van der Waals surface area (Å²) < 4.78 is 0. The van der Waals surface area contributed by atoms with E-state index in [1.807, 2.05) is 0 Å². The van der Waals surface area contributed by atoms with Crippen LogP contribution < -0.4 is 16.8 Å². The third-order valence-corrected chi connectivity index (χ3v) is 5.57. The number of thioether (sulfide) groups is 1. The number of nitrogens with zero attached hydrogens (tertiary/aromatic N) is 1. The Labute approximate surface area is 122 Å². The van der Waals surface area contributed by atoms with Crippen molar-refractivity contribution in [2.45, 2.75) is 42.8 Å². The quantitative estimate of drug-likeness (QED) is 0.488. The van der Waals surface area contributed by atoms with Gasteiger partial charge in [0, 0.05) is 18.8 Å². The number of nitrogens with one attached hydrogen (secondary N) is 1. The summed E-state index contributed by atoms with van der Waals surface area (Å²) in [5, 5.41) is 12.7. The van der Waals surface area contributed by atoms with Crippen LogP contribution in [-0.4, -0.2) is 63.7 Å². The van der Waals surface area contributed by atoms with Crippen LogP contribution in [0.1, 0.15) is 19.8 Å². The molecule has 8 heteroatoms. The zero-order valence-electron chi connectivity index (χ0n) is 11.5. The van der Waals surface area contributed by atoms with Gasteiger partial charge in [-0.3, -0.25) is 14.9 Å². The van der Waals surface area contributed by atoms with Crippen LogP contribution >= 0.6 is 11.8 Å². The molecule has 0 aliphatic carbocycles. The van der Waals surface area contributed by atoms with Crippen molar-refractivity contribution in [2.24, 2.45) is 11.5 Å². The second-order valence-electron chi connectivity index (χ2n) is 5.50. The lowest BCUT2D eigenvalue weighted by Crippen LogP contribution is -2.57. The summed E-state index contributed by atoms with van der Waals surface area (Å²) in [7, 11) is 0. The van der Waals surface area contributed by atoms with E-state index in [4.69, 9.17) is 11.5 Å². The summed E-state index contributed by atoms with van der Waals surface area (Å²) >= 11 is 1.70. The fourth-order valence-corrected chi connectivity index (χ4v) is 4.02. The van der Waals surface area contributed by atoms with Crippen LogP contribution in [0.3, 0.4) is 0 Å². The number of hydrogen-bond donors (Lipinski definition) is 4. The van der Waals surface area contributed by atoms with Crippen molar-refractivity contribution in [1.29, 1.82) is 0 Å². The summed E-state index contributed by atoms with van der Waals surface area (Å²) in [4.78, 5) is 24.8. The van der Waals surface area contributed by atoms with Gasteiger partial charge in [-0.25, -0.2) is 0 Å². The highest BCUT2D eigenvalue weighted by molar-refractivity contribution is 8.01. The lowest BCUT2D eigenvalue weighted by molar-refractivity contribution is -0.136. The first-order valence-electron chi connectivity index (χ1n) is 6.78. The molecule has 2 heterocycles. The zero-order valence-corrected chi connectivity index (χ0v) is 12.4. The molecular weight excluding hydrogens is 280 g/mol. The fraction of sp³-hybridized carbons (Fsp3) is 0.833. The van der Waals surface area contributed by atoms with Crippen molar-refractivity contribution in [2.75, 3.05) is 18.8 Å². The van der Waals surface area contributed by atoms with Gasteiger partial charge in [0.25, 0.3) is 0 Å². The van der Waals surface area contributed by atoms with Gasteiger partial charge in [-0.15, -0.1) is 11.8 Å². The minimum absolute atomic E-state index is 0.161. The van der Waals surface area contributed by atoms with Crippen LogP contribution in [0.25, 0.3) is 0 Å². The molecule has 3 atom stereocenters. The van der Waals surface area contributed by atoms with Gasteiger partial charge < -0.3 is 21.5 Å². The predicted octanol–water partition coefficient (Wildman–Crippen LogP) is -1.80. The molecule has 7 nitrogen and oxygen atoms in total. The summed E-state index contributed by atoms with van der Waals surface area (Å²) in [6.45, 7) is 2.66. The van der Waals surface area contributed by atoms with Crippen molar-refractivity contribution >= 4 is 23.6 Å². The molecule has 0 saturated carbocycles. The molecule has 114 valence electrons. The Bertz CT molecular complexity index is 396. The molecule has 20 heavy (non-hydrogen) atoms. The number of aliphatic hydroxyl groups excluding tert-OH is 1. The van der Waals surface area contributed by atoms with Gasteiger partial charge in [0.2, 0.25) is 11.8 Å². The largest absolute Gasteiger partial charge is 0.391 e. The molecule has 0 aromatic rings. The van der Waals surface area contributed by atoms with E-state index in [1.165, 1.54) is 6.92 Å². The van der Waals surface area contributed by atoms with Gasteiger partial charge in [0.15, 0.2) is 0 Å². The number of nitrogens with two attached hydrogens (primary N) is 2. The van der Waals surface area contributed by atoms with Crippen molar-refractivity contribution < 1.29 is 14.7 Å². The van der Waals surface area contributed by atoms with Gasteiger partial charge in [-0.2, -0.15) is 0 Å². The Morgan fingerprint density at radius 1 is 1.45 bits per heavy atom. The smallest absolute Gasteiger partial charge is 0.242 e. The van der Waals surface area contributed by atoms with E-state index in [9.17, 15) is 14.7 Å². The highest BCUT2D eigenvalue weighted by Crippen LogP contribution is 2.39. The minimum atomic E-state index is -0.869. The molecule has 0 bridgehead atoms. The average Bonchev–Trinajstić information content (AvgIpc) is 2.82. The minimum Gasteiger partial charge on any atom is -0.391 e. The first-order chi connectivity index (χ1) is 9.34. The molecule has 2 aliphatic rings. The average molecular weight is 302 g/mol. The number of carbonyl (C=O) groups excluding carboxylic acids is 2. The number of carbonyl (C=O) groups is 2. The van der Waals surface area contributed by atoms with Crippen LogP contribution in [-0.2, 0) is 9.59 Å². The molecule has 2 amide bonds. The zero-order chi connectivity index (χ0) is 14.9. The van der Waals surface area contributed by atoms with Crippen LogP contribution in [0.5, 0.6) is 0 Å². The molecule has 2 fully saturated rings. The molecule has 2 saturated heterocycles. The molecule has 0 aromatic heterocycles. The Morgan fingerprint density at radius 2 is 2.05 bits per heavy atom. The summed E-state index contributed by atoms with van der Waals surface area (Å²) in [5.41, 5.74) is 11.0. The van der Waals surface area contributed by atoms with E-state index >= 15 is 0 Å². The third-order valence-electron chi connectivity index (χ3n) is 3.99. The highest BCUT2D eigenvalue weighted by atomic mass is 32.2. The Hall–Kier alpha value is -0.830. The van der Waals surface area contributed by atoms with E-state index < -0.39 is 12.1 Å². The van der Waals surface area contributed by atoms with Crippen molar-refractivity contribution in [3.63, 3.8) is 0 Å². The summed E-state index contributed by atoms with van der Waals surface area (Å²) in [6.07, 6.45) is 0.649. The number of rotatable bonds is 3. The molecule has 1 spiro atoms. The van der Waals surface area contributed by atoms with E-state index in [0.29, 0.717) is 18.8 Å². The van der Waals surface area contributed by atoms with Gasteiger partial charge >= 0.3 is 0 Å². The number of piperidine rings is 1. The normalized spacial score (nSPS) is 28.4. The van der Waals surface area contributed by atoms with Gasteiger partial charge in [-0.1, -0.05) is 0 Å². The Morgan fingerprint density at radius 3 is 2.50 bits per heavy atom. The summed E-state index contributed by atoms with van der Waals surface area (Å²) in [5.74, 6) is 0.129. The molecular formula is C12H22N4O3S. The van der Waals surface area contributed by atoms with Crippen molar-refractivity contribution in [1.82, 2.24) is 10.2 Å². The van der Waals surface area contributed by atoms with Gasteiger partial charge in [-0.05, 0) is 19.8 Å². The second kappa shape index (κ2) is 5.88. The SMILES string of the molecule is C[C@@H](O)[C@H](N)C(=O)N1CCC2(CC1)N[C@H](C(N)=O)CS2. The van der Waals surface area contributed by atoms with Crippen LogP contribution in [0, 0.1) is 0 Å². The number of primary amides is 1.